The third-order valence-electron chi connectivity index (χ3n) is 4.92. The lowest BCUT2D eigenvalue weighted by molar-refractivity contribution is -0.137. The number of carbonyl (C=O) groups excluding carboxylic acids is 2. The summed E-state index contributed by atoms with van der Waals surface area (Å²) in [4.78, 5) is 28.3. The molecule has 2 aromatic rings. The minimum absolute atomic E-state index is 0.147. The third-order valence-corrected chi connectivity index (χ3v) is 5.25. The average Bonchev–Trinajstić information content (AvgIpc) is 2.73. The number of para-hydroxylation sites is 1. The van der Waals surface area contributed by atoms with Crippen LogP contribution in [0.15, 0.2) is 48.5 Å². The lowest BCUT2D eigenvalue weighted by Gasteiger charge is -2.34. The van der Waals surface area contributed by atoms with Crippen molar-refractivity contribution < 1.29 is 22.8 Å². The minimum atomic E-state index is -4.43. The second-order valence-corrected chi connectivity index (χ2v) is 7.39. The Balaban J connectivity index is 1.45. The molecule has 30 heavy (non-hydrogen) atoms. The summed E-state index contributed by atoms with van der Waals surface area (Å²) in [7, 11) is 0. The lowest BCUT2D eigenvalue weighted by Crippen LogP contribution is -2.49. The topological polar surface area (TPSA) is 52.7 Å². The standard InChI is InChI=1S/C21H21ClF3N3O2/c22-17-3-1-2-4-18(17)26-19(29)9-10-27-11-13-28(14-12-27)20(30)15-5-7-16(8-6-15)21(23,24)25/h1-8H,9-14H2,(H,26,29). The molecule has 1 heterocycles. The van der Waals surface area contributed by atoms with E-state index in [-0.39, 0.29) is 23.8 Å². The molecule has 9 heteroatoms. The lowest BCUT2D eigenvalue weighted by atomic mass is 10.1. The number of nitrogens with one attached hydrogen (secondary N) is 1. The fourth-order valence-corrected chi connectivity index (χ4v) is 3.38. The van der Waals surface area contributed by atoms with Crippen LogP contribution >= 0.6 is 11.6 Å². The number of hydrogen-bond acceptors (Lipinski definition) is 3. The van der Waals surface area contributed by atoms with Gasteiger partial charge in [0.2, 0.25) is 5.91 Å². The summed E-state index contributed by atoms with van der Waals surface area (Å²) in [6.07, 6.45) is -4.14. The number of rotatable bonds is 5. The van der Waals surface area contributed by atoms with E-state index in [1.54, 1.807) is 29.2 Å². The van der Waals surface area contributed by atoms with Crippen molar-refractivity contribution in [2.45, 2.75) is 12.6 Å². The van der Waals surface area contributed by atoms with Crippen molar-refractivity contribution in [3.63, 3.8) is 0 Å². The van der Waals surface area contributed by atoms with Gasteiger partial charge in [0, 0.05) is 44.7 Å². The van der Waals surface area contributed by atoms with Gasteiger partial charge in [0.25, 0.3) is 5.91 Å². The monoisotopic (exact) mass is 439 g/mol. The molecule has 0 spiro atoms. The Morgan fingerprint density at radius 3 is 2.20 bits per heavy atom. The Bertz CT molecular complexity index is 895. The first-order chi connectivity index (χ1) is 14.2. The number of halogens is 4. The Labute approximate surface area is 177 Å². The molecule has 1 fully saturated rings. The van der Waals surface area contributed by atoms with Crippen LogP contribution in [0, 0.1) is 0 Å². The maximum atomic E-state index is 12.7. The van der Waals surface area contributed by atoms with E-state index in [9.17, 15) is 22.8 Å². The smallest absolute Gasteiger partial charge is 0.336 e. The third kappa shape index (κ3) is 5.73. The van der Waals surface area contributed by atoms with Crippen molar-refractivity contribution in [3.8, 4) is 0 Å². The second kappa shape index (κ2) is 9.49. The molecular weight excluding hydrogens is 419 g/mol. The highest BCUT2D eigenvalue weighted by atomic mass is 35.5. The maximum Gasteiger partial charge on any atom is 0.416 e. The normalized spacial score (nSPS) is 15.1. The predicted molar refractivity (Wildman–Crippen MR) is 108 cm³/mol. The van der Waals surface area contributed by atoms with E-state index >= 15 is 0 Å². The highest BCUT2D eigenvalue weighted by molar-refractivity contribution is 6.33. The van der Waals surface area contributed by atoms with Crippen LogP contribution in [0.4, 0.5) is 18.9 Å². The van der Waals surface area contributed by atoms with Crippen LogP contribution < -0.4 is 5.32 Å². The van der Waals surface area contributed by atoms with Crippen LogP contribution in [0.2, 0.25) is 5.02 Å². The minimum Gasteiger partial charge on any atom is -0.336 e. The number of anilines is 1. The summed E-state index contributed by atoms with van der Waals surface area (Å²) < 4.78 is 38.0. The van der Waals surface area contributed by atoms with Crippen LogP contribution in [0.25, 0.3) is 0 Å². The van der Waals surface area contributed by atoms with Crippen LogP contribution in [-0.2, 0) is 11.0 Å². The fourth-order valence-electron chi connectivity index (χ4n) is 3.19. The molecule has 0 aromatic heterocycles. The van der Waals surface area contributed by atoms with Gasteiger partial charge in [-0.25, -0.2) is 0 Å². The van der Waals surface area contributed by atoms with Crippen molar-refractivity contribution in [3.05, 3.63) is 64.7 Å². The van der Waals surface area contributed by atoms with Gasteiger partial charge in [0.15, 0.2) is 0 Å². The summed E-state index contributed by atoms with van der Waals surface area (Å²) in [5.74, 6) is -0.439. The van der Waals surface area contributed by atoms with Crippen molar-refractivity contribution in [1.29, 1.82) is 0 Å². The van der Waals surface area contributed by atoms with E-state index in [4.69, 9.17) is 11.6 Å². The number of alkyl halides is 3. The molecule has 160 valence electrons. The number of benzene rings is 2. The van der Waals surface area contributed by atoms with E-state index in [1.165, 1.54) is 12.1 Å². The van der Waals surface area contributed by atoms with Gasteiger partial charge in [0.1, 0.15) is 0 Å². The molecule has 0 radical (unpaired) electrons. The Morgan fingerprint density at radius 2 is 1.60 bits per heavy atom. The number of carbonyl (C=O) groups is 2. The average molecular weight is 440 g/mol. The van der Waals surface area contributed by atoms with Gasteiger partial charge in [-0.15, -0.1) is 0 Å². The molecule has 2 amide bonds. The van der Waals surface area contributed by atoms with Crippen molar-refractivity contribution >= 4 is 29.1 Å². The molecule has 3 rings (SSSR count). The molecule has 1 saturated heterocycles. The Hall–Kier alpha value is -2.58. The van der Waals surface area contributed by atoms with Gasteiger partial charge in [-0.2, -0.15) is 13.2 Å². The summed E-state index contributed by atoms with van der Waals surface area (Å²) >= 11 is 6.03. The van der Waals surface area contributed by atoms with E-state index in [1.807, 2.05) is 0 Å². The maximum absolute atomic E-state index is 12.7. The molecule has 2 aromatic carbocycles. The SMILES string of the molecule is O=C(CCN1CCN(C(=O)c2ccc(C(F)(F)F)cc2)CC1)Nc1ccccc1Cl. The van der Waals surface area contributed by atoms with Crippen molar-refractivity contribution in [2.24, 2.45) is 0 Å². The molecular formula is C21H21ClF3N3O2. The fraction of sp³-hybridized carbons (Fsp3) is 0.333. The summed E-state index contributed by atoms with van der Waals surface area (Å²) in [6, 6.07) is 11.2. The van der Waals surface area contributed by atoms with Crippen molar-refractivity contribution in [2.75, 3.05) is 38.0 Å². The Kier molecular flexibility index (Phi) is 6.99. The van der Waals surface area contributed by atoms with Crippen LogP contribution in [-0.4, -0.2) is 54.3 Å². The predicted octanol–water partition coefficient (Wildman–Crippen LogP) is 4.15. The quantitative estimate of drug-likeness (QED) is 0.761. The van der Waals surface area contributed by atoms with Crippen molar-refractivity contribution in [1.82, 2.24) is 9.80 Å². The summed E-state index contributed by atoms with van der Waals surface area (Å²) in [6.45, 7) is 2.62. The zero-order chi connectivity index (χ0) is 21.7. The molecule has 5 nitrogen and oxygen atoms in total. The van der Waals surface area contributed by atoms with E-state index < -0.39 is 11.7 Å². The number of amides is 2. The van der Waals surface area contributed by atoms with E-state index in [0.29, 0.717) is 43.4 Å². The summed E-state index contributed by atoms with van der Waals surface area (Å²) in [5.41, 5.74) is 0.0191. The van der Waals surface area contributed by atoms with Gasteiger partial charge < -0.3 is 10.2 Å². The molecule has 0 saturated carbocycles. The molecule has 1 N–H and O–H groups in total. The first kappa shape index (κ1) is 22.1. The number of hydrogen-bond donors (Lipinski definition) is 1. The second-order valence-electron chi connectivity index (χ2n) is 6.99. The van der Waals surface area contributed by atoms with E-state index in [2.05, 4.69) is 10.2 Å². The van der Waals surface area contributed by atoms with Crippen LogP contribution in [0.3, 0.4) is 0 Å². The highest BCUT2D eigenvalue weighted by Gasteiger charge is 2.30. The molecule has 0 aliphatic carbocycles. The molecule has 0 atom stereocenters. The molecule has 0 bridgehead atoms. The van der Waals surface area contributed by atoms with Gasteiger partial charge in [-0.05, 0) is 36.4 Å². The van der Waals surface area contributed by atoms with Crippen LogP contribution in [0.5, 0.6) is 0 Å². The van der Waals surface area contributed by atoms with E-state index in [0.717, 1.165) is 12.1 Å². The molecule has 0 unspecified atom stereocenters. The molecule has 1 aliphatic heterocycles. The van der Waals surface area contributed by atoms with Gasteiger partial charge in [-0.1, -0.05) is 23.7 Å². The van der Waals surface area contributed by atoms with Crippen LogP contribution in [0.1, 0.15) is 22.3 Å². The first-order valence-electron chi connectivity index (χ1n) is 9.47. The zero-order valence-electron chi connectivity index (χ0n) is 16.1. The zero-order valence-corrected chi connectivity index (χ0v) is 16.8. The van der Waals surface area contributed by atoms with Gasteiger partial charge in [0.05, 0.1) is 16.3 Å². The summed E-state index contributed by atoms with van der Waals surface area (Å²) in [5, 5.41) is 3.24. The number of piperazine rings is 1. The molecule has 1 aliphatic rings. The largest absolute Gasteiger partial charge is 0.416 e. The highest BCUT2D eigenvalue weighted by Crippen LogP contribution is 2.29. The first-order valence-corrected chi connectivity index (χ1v) is 9.85. The van der Waals surface area contributed by atoms with Gasteiger partial charge >= 0.3 is 6.18 Å². The number of nitrogens with zero attached hydrogens (tertiary/aromatic N) is 2. The Morgan fingerprint density at radius 1 is 0.967 bits per heavy atom. The van der Waals surface area contributed by atoms with Gasteiger partial charge in [-0.3, -0.25) is 14.5 Å².